The second kappa shape index (κ2) is 10.4. The molecule has 0 radical (unpaired) electrons. The second-order valence-corrected chi connectivity index (χ2v) is 11.5. The minimum atomic E-state index is 0.354. The van der Waals surface area contributed by atoms with Crippen LogP contribution < -0.4 is 4.90 Å². The molecule has 0 N–H and O–H groups in total. The Morgan fingerprint density at radius 1 is 0.622 bits per heavy atom. The molecule has 6 aromatic carbocycles. The van der Waals surface area contributed by atoms with Crippen molar-refractivity contribution in [2.75, 3.05) is 4.90 Å². The molecule has 0 spiro atoms. The van der Waals surface area contributed by atoms with Crippen molar-refractivity contribution in [2.45, 2.75) is 12.3 Å². The Hall–Kier alpha value is -5.87. The fourth-order valence-corrected chi connectivity index (χ4v) is 6.71. The van der Waals surface area contributed by atoms with Crippen LogP contribution in [0, 0.1) is 0 Å². The summed E-state index contributed by atoms with van der Waals surface area (Å²) in [7, 11) is 0. The maximum absolute atomic E-state index is 6.45. The molecule has 0 saturated heterocycles. The maximum atomic E-state index is 6.45. The first-order valence-corrected chi connectivity index (χ1v) is 15.3. The summed E-state index contributed by atoms with van der Waals surface area (Å²) in [5.74, 6) is 0.961. The topological polar surface area (TPSA) is 42.4 Å². The monoisotopic (exact) mass is 580 g/mol. The molecule has 8 aromatic rings. The molecule has 2 aromatic heterocycles. The van der Waals surface area contributed by atoms with E-state index in [1.54, 1.807) is 0 Å². The van der Waals surface area contributed by atoms with E-state index in [0.717, 1.165) is 62.1 Å². The number of hydrogen-bond donors (Lipinski definition) is 0. The van der Waals surface area contributed by atoms with Crippen molar-refractivity contribution in [3.63, 3.8) is 0 Å². The highest BCUT2D eigenvalue weighted by Crippen LogP contribution is 2.42. The third-order valence-corrected chi connectivity index (χ3v) is 8.86. The zero-order chi connectivity index (χ0) is 29.7. The van der Waals surface area contributed by atoms with E-state index >= 15 is 0 Å². The van der Waals surface area contributed by atoms with Gasteiger partial charge in [0.1, 0.15) is 16.7 Å². The molecule has 0 saturated carbocycles. The largest absolute Gasteiger partial charge is 0.456 e. The highest BCUT2D eigenvalue weighted by atomic mass is 16.4. The Morgan fingerprint density at radius 3 is 2.20 bits per heavy atom. The Kier molecular flexibility index (Phi) is 5.91. The molecule has 1 aliphatic carbocycles. The molecule has 1 atom stereocenters. The van der Waals surface area contributed by atoms with Crippen molar-refractivity contribution in [3.8, 4) is 11.5 Å². The summed E-state index contributed by atoms with van der Waals surface area (Å²) in [5, 5.41) is 1.95. The van der Waals surface area contributed by atoms with Gasteiger partial charge in [0.15, 0.2) is 5.58 Å². The van der Waals surface area contributed by atoms with Gasteiger partial charge in [-0.2, -0.15) is 0 Å². The lowest BCUT2D eigenvalue weighted by Crippen LogP contribution is -2.10. The predicted octanol–water partition coefficient (Wildman–Crippen LogP) is 11.4. The summed E-state index contributed by atoms with van der Waals surface area (Å²) >= 11 is 0. The molecule has 0 bridgehead atoms. The zero-order valence-corrected chi connectivity index (χ0v) is 24.4. The van der Waals surface area contributed by atoms with Gasteiger partial charge in [-0.05, 0) is 83.8 Å². The quantitative estimate of drug-likeness (QED) is 0.203. The van der Waals surface area contributed by atoms with Crippen LogP contribution in [0.2, 0.25) is 0 Å². The number of allylic oxidation sites excluding steroid dienone is 1. The van der Waals surface area contributed by atoms with Crippen molar-refractivity contribution < 1.29 is 8.83 Å². The number of nitrogens with zero attached hydrogens (tertiary/aromatic N) is 2. The third kappa shape index (κ3) is 4.34. The average Bonchev–Trinajstić information content (AvgIpc) is 3.71. The van der Waals surface area contributed by atoms with Gasteiger partial charge in [-0.25, -0.2) is 4.98 Å². The molecule has 1 unspecified atom stereocenters. The molecule has 214 valence electrons. The fourth-order valence-electron chi connectivity index (χ4n) is 6.71. The number of anilines is 3. The predicted molar refractivity (Wildman–Crippen MR) is 183 cm³/mol. The van der Waals surface area contributed by atoms with Crippen LogP contribution in [0.1, 0.15) is 29.0 Å². The van der Waals surface area contributed by atoms with E-state index in [0.29, 0.717) is 11.8 Å². The first-order valence-electron chi connectivity index (χ1n) is 15.3. The molecule has 45 heavy (non-hydrogen) atoms. The number of furan rings is 1. The van der Waals surface area contributed by atoms with E-state index in [1.807, 2.05) is 48.5 Å². The van der Waals surface area contributed by atoms with Crippen molar-refractivity contribution in [1.82, 2.24) is 4.98 Å². The van der Waals surface area contributed by atoms with Gasteiger partial charge in [-0.15, -0.1) is 0 Å². The number of fused-ring (bicyclic) bond motifs is 6. The summed E-state index contributed by atoms with van der Waals surface area (Å²) in [5.41, 5.74) is 11.3. The third-order valence-electron chi connectivity index (χ3n) is 8.86. The first-order chi connectivity index (χ1) is 22.3. The summed E-state index contributed by atoms with van der Waals surface area (Å²) < 4.78 is 12.8. The molecule has 4 nitrogen and oxygen atoms in total. The lowest BCUT2D eigenvalue weighted by molar-refractivity contribution is 0.622. The molecule has 0 aliphatic heterocycles. The molecule has 1 aliphatic rings. The van der Waals surface area contributed by atoms with E-state index < -0.39 is 0 Å². The van der Waals surface area contributed by atoms with Gasteiger partial charge in [0.25, 0.3) is 0 Å². The van der Waals surface area contributed by atoms with Crippen LogP contribution in [0.3, 0.4) is 0 Å². The molecule has 9 rings (SSSR count). The van der Waals surface area contributed by atoms with E-state index in [2.05, 4.69) is 108 Å². The number of rotatable bonds is 5. The number of oxazole rings is 1. The number of benzene rings is 6. The Morgan fingerprint density at radius 2 is 1.36 bits per heavy atom. The van der Waals surface area contributed by atoms with Crippen molar-refractivity contribution in [2.24, 2.45) is 0 Å². The zero-order valence-electron chi connectivity index (χ0n) is 24.4. The Bertz CT molecular complexity index is 2350. The van der Waals surface area contributed by atoms with Crippen LogP contribution in [0.4, 0.5) is 17.1 Å². The van der Waals surface area contributed by atoms with E-state index in [4.69, 9.17) is 13.8 Å². The van der Waals surface area contributed by atoms with Crippen LogP contribution in [0.25, 0.3) is 50.6 Å². The number of aromatic nitrogens is 1. The van der Waals surface area contributed by atoms with Gasteiger partial charge < -0.3 is 13.7 Å². The average molecular weight is 581 g/mol. The van der Waals surface area contributed by atoms with Gasteiger partial charge >= 0.3 is 0 Å². The summed E-state index contributed by atoms with van der Waals surface area (Å²) in [6.07, 6.45) is 5.53. The van der Waals surface area contributed by atoms with Crippen LogP contribution in [0.15, 0.2) is 154 Å². The van der Waals surface area contributed by atoms with Gasteiger partial charge in [0, 0.05) is 40.0 Å². The molecule has 2 heterocycles. The first kappa shape index (κ1) is 25.6. The van der Waals surface area contributed by atoms with E-state index in [-0.39, 0.29) is 0 Å². The molecular weight excluding hydrogens is 552 g/mol. The van der Waals surface area contributed by atoms with Gasteiger partial charge in [-0.3, -0.25) is 0 Å². The Balaban J connectivity index is 1.14. The van der Waals surface area contributed by atoms with Gasteiger partial charge in [0.05, 0.1) is 5.39 Å². The standard InChI is InChI=1S/C41H28N2O2/c1-3-11-29(12-4-1)41-42-36-24-25-37-39(40(36)45-41)35-23-22-32(26-38(35)44-37)43(30-14-5-2-6-15-30)31-20-18-28(19-21-31)34-17-9-13-27-10-7-8-16-33(27)34/h1-16,18-26,34H,17H2. The van der Waals surface area contributed by atoms with Crippen LogP contribution >= 0.6 is 0 Å². The minimum absolute atomic E-state index is 0.354. The second-order valence-electron chi connectivity index (χ2n) is 11.5. The van der Waals surface area contributed by atoms with Gasteiger partial charge in [-0.1, -0.05) is 84.9 Å². The summed E-state index contributed by atoms with van der Waals surface area (Å²) in [4.78, 5) is 7.06. The maximum Gasteiger partial charge on any atom is 0.227 e. The van der Waals surface area contributed by atoms with Crippen molar-refractivity contribution in [3.05, 3.63) is 162 Å². The van der Waals surface area contributed by atoms with Crippen LogP contribution in [-0.2, 0) is 0 Å². The van der Waals surface area contributed by atoms with E-state index in [1.165, 1.54) is 16.7 Å². The summed E-state index contributed by atoms with van der Waals surface area (Å²) in [6, 6.07) is 48.6. The Labute approximate surface area is 260 Å². The minimum Gasteiger partial charge on any atom is -0.456 e. The van der Waals surface area contributed by atoms with Crippen LogP contribution in [0.5, 0.6) is 0 Å². The summed E-state index contributed by atoms with van der Waals surface area (Å²) in [6.45, 7) is 0. The highest BCUT2D eigenvalue weighted by Gasteiger charge is 2.21. The normalized spacial score (nSPS) is 14.3. The number of hydrogen-bond acceptors (Lipinski definition) is 4. The van der Waals surface area contributed by atoms with Crippen molar-refractivity contribution in [1.29, 1.82) is 0 Å². The fraction of sp³-hybridized carbons (Fsp3) is 0.0488. The highest BCUT2D eigenvalue weighted by molar-refractivity contribution is 6.16. The SMILES string of the molecule is C1=Cc2ccccc2C(c2ccc(N(c3ccccc3)c3ccc4c(c3)oc3ccc5nc(-c6ccccc6)oc5c34)cc2)C1. The van der Waals surface area contributed by atoms with Crippen molar-refractivity contribution >= 4 is 56.2 Å². The van der Waals surface area contributed by atoms with Crippen LogP contribution in [-0.4, -0.2) is 4.98 Å². The molecular formula is C41H28N2O2. The van der Waals surface area contributed by atoms with E-state index in [9.17, 15) is 0 Å². The molecule has 0 fully saturated rings. The number of para-hydroxylation sites is 1. The molecule has 4 heteroatoms. The lowest BCUT2D eigenvalue weighted by Gasteiger charge is -2.27. The smallest absolute Gasteiger partial charge is 0.227 e. The van der Waals surface area contributed by atoms with Gasteiger partial charge in [0.2, 0.25) is 5.89 Å². The molecule has 0 amide bonds. The lowest BCUT2D eigenvalue weighted by atomic mass is 9.82.